The normalized spacial score (nSPS) is 23.4. The van der Waals surface area contributed by atoms with Gasteiger partial charge in [0.15, 0.2) is 0 Å². The van der Waals surface area contributed by atoms with E-state index in [0.29, 0.717) is 0 Å². The molecular weight excluding hydrogens is 250 g/mol. The summed E-state index contributed by atoms with van der Waals surface area (Å²) in [6.45, 7) is 9.20. The van der Waals surface area contributed by atoms with Gasteiger partial charge in [0.2, 0.25) is 0 Å². The first kappa shape index (κ1) is 17.9. The maximum Gasteiger partial charge on any atom is 0.0613 e. The monoisotopic (exact) mass is 285 g/mol. The van der Waals surface area contributed by atoms with Crippen molar-refractivity contribution in [2.45, 2.75) is 57.5 Å². The van der Waals surface area contributed by atoms with Crippen molar-refractivity contribution in [2.24, 2.45) is 0 Å². The number of hydrogen-bond acceptors (Lipinski definition) is 4. The van der Waals surface area contributed by atoms with Gasteiger partial charge in [-0.05, 0) is 65.8 Å². The van der Waals surface area contributed by atoms with Crippen LogP contribution < -0.4 is 5.32 Å². The second-order valence-electron chi connectivity index (χ2n) is 6.53. The fraction of sp³-hybridized carbons (Fsp3) is 1.00. The summed E-state index contributed by atoms with van der Waals surface area (Å²) >= 11 is 0. The molecule has 0 aromatic heterocycles. The molecule has 2 N–H and O–H groups in total. The SMILES string of the molecule is CCCNC(CC)(CO)CCCN1CCC(N(C)C)C1. The minimum atomic E-state index is -0.0588. The predicted molar refractivity (Wildman–Crippen MR) is 86.2 cm³/mol. The van der Waals surface area contributed by atoms with E-state index >= 15 is 0 Å². The minimum absolute atomic E-state index is 0.0588. The number of nitrogens with one attached hydrogen (secondary N) is 1. The highest BCUT2D eigenvalue weighted by Crippen LogP contribution is 2.19. The van der Waals surface area contributed by atoms with Crippen LogP contribution in [-0.2, 0) is 0 Å². The highest BCUT2D eigenvalue weighted by atomic mass is 16.3. The van der Waals surface area contributed by atoms with Crippen LogP contribution in [0.5, 0.6) is 0 Å². The number of aliphatic hydroxyl groups is 1. The summed E-state index contributed by atoms with van der Waals surface area (Å²) in [6.07, 6.45) is 5.66. The number of likely N-dealkylation sites (N-methyl/N-ethyl adjacent to an activating group) is 1. The molecule has 2 atom stereocenters. The average molecular weight is 285 g/mol. The maximum absolute atomic E-state index is 9.73. The molecule has 0 radical (unpaired) electrons. The summed E-state index contributed by atoms with van der Waals surface area (Å²) in [7, 11) is 4.35. The van der Waals surface area contributed by atoms with Crippen LogP contribution in [0, 0.1) is 0 Å². The first-order valence-electron chi connectivity index (χ1n) is 8.31. The number of likely N-dealkylation sites (tertiary alicyclic amines) is 1. The van der Waals surface area contributed by atoms with Gasteiger partial charge in [0, 0.05) is 18.1 Å². The molecule has 0 bridgehead atoms. The van der Waals surface area contributed by atoms with Gasteiger partial charge in [-0.3, -0.25) is 0 Å². The Morgan fingerprint density at radius 2 is 2.10 bits per heavy atom. The Bertz CT molecular complexity index is 254. The van der Waals surface area contributed by atoms with E-state index in [-0.39, 0.29) is 12.1 Å². The Labute approximate surface area is 125 Å². The summed E-state index contributed by atoms with van der Waals surface area (Å²) in [5.41, 5.74) is -0.0588. The largest absolute Gasteiger partial charge is 0.394 e. The third kappa shape index (κ3) is 5.32. The molecule has 1 saturated heterocycles. The smallest absolute Gasteiger partial charge is 0.0613 e. The van der Waals surface area contributed by atoms with E-state index in [0.717, 1.165) is 31.8 Å². The molecule has 0 saturated carbocycles. The third-order valence-electron chi connectivity index (χ3n) is 4.84. The van der Waals surface area contributed by atoms with Crippen LogP contribution in [0.1, 0.15) is 46.0 Å². The van der Waals surface area contributed by atoms with Crippen LogP contribution in [0.25, 0.3) is 0 Å². The topological polar surface area (TPSA) is 38.7 Å². The van der Waals surface area contributed by atoms with Crippen molar-refractivity contribution in [3.8, 4) is 0 Å². The molecule has 2 unspecified atom stereocenters. The Hall–Kier alpha value is -0.160. The maximum atomic E-state index is 9.73. The lowest BCUT2D eigenvalue weighted by molar-refractivity contribution is 0.139. The van der Waals surface area contributed by atoms with Gasteiger partial charge < -0.3 is 20.2 Å². The Kier molecular flexibility index (Phi) is 8.03. The molecule has 1 rings (SSSR count). The number of aliphatic hydroxyl groups excluding tert-OH is 1. The van der Waals surface area contributed by atoms with Crippen molar-refractivity contribution in [2.75, 3.05) is 46.9 Å². The van der Waals surface area contributed by atoms with Gasteiger partial charge >= 0.3 is 0 Å². The summed E-state index contributed by atoms with van der Waals surface area (Å²) in [5, 5.41) is 13.3. The lowest BCUT2D eigenvalue weighted by Gasteiger charge is -2.33. The molecule has 20 heavy (non-hydrogen) atoms. The summed E-state index contributed by atoms with van der Waals surface area (Å²) < 4.78 is 0. The van der Waals surface area contributed by atoms with Gasteiger partial charge in [-0.25, -0.2) is 0 Å². The van der Waals surface area contributed by atoms with E-state index in [4.69, 9.17) is 0 Å². The molecule has 0 aromatic carbocycles. The van der Waals surface area contributed by atoms with Crippen LogP contribution in [0.3, 0.4) is 0 Å². The first-order chi connectivity index (χ1) is 9.56. The quantitative estimate of drug-likeness (QED) is 0.639. The van der Waals surface area contributed by atoms with E-state index in [1.165, 1.54) is 32.5 Å². The van der Waals surface area contributed by atoms with Crippen molar-refractivity contribution in [3.63, 3.8) is 0 Å². The Balaban J connectivity index is 2.30. The molecule has 4 nitrogen and oxygen atoms in total. The van der Waals surface area contributed by atoms with E-state index in [1.54, 1.807) is 0 Å². The van der Waals surface area contributed by atoms with Gasteiger partial charge in [-0.15, -0.1) is 0 Å². The lowest BCUT2D eigenvalue weighted by atomic mass is 9.91. The Morgan fingerprint density at radius 1 is 1.35 bits per heavy atom. The van der Waals surface area contributed by atoms with Crippen molar-refractivity contribution in [1.82, 2.24) is 15.1 Å². The fourth-order valence-corrected chi connectivity index (χ4v) is 3.10. The number of rotatable bonds is 10. The molecule has 4 heteroatoms. The highest BCUT2D eigenvalue weighted by Gasteiger charge is 2.27. The molecule has 1 aliphatic heterocycles. The molecule has 0 spiro atoms. The molecular formula is C16H35N3O. The molecule has 0 amide bonds. The second-order valence-corrected chi connectivity index (χ2v) is 6.53. The van der Waals surface area contributed by atoms with E-state index in [9.17, 15) is 5.11 Å². The van der Waals surface area contributed by atoms with Gasteiger partial charge in [0.1, 0.15) is 0 Å². The van der Waals surface area contributed by atoms with Crippen LogP contribution in [-0.4, -0.2) is 73.4 Å². The van der Waals surface area contributed by atoms with Gasteiger partial charge in [0.25, 0.3) is 0 Å². The Morgan fingerprint density at radius 3 is 2.60 bits per heavy atom. The fourth-order valence-electron chi connectivity index (χ4n) is 3.10. The van der Waals surface area contributed by atoms with Gasteiger partial charge in [-0.1, -0.05) is 13.8 Å². The summed E-state index contributed by atoms with van der Waals surface area (Å²) in [4.78, 5) is 4.91. The number of hydrogen-bond donors (Lipinski definition) is 2. The molecule has 1 fully saturated rings. The van der Waals surface area contributed by atoms with Crippen molar-refractivity contribution < 1.29 is 5.11 Å². The van der Waals surface area contributed by atoms with Crippen LogP contribution >= 0.6 is 0 Å². The van der Waals surface area contributed by atoms with Crippen LogP contribution in [0.4, 0.5) is 0 Å². The summed E-state index contributed by atoms with van der Waals surface area (Å²) in [6, 6.07) is 0.724. The zero-order valence-corrected chi connectivity index (χ0v) is 14.0. The van der Waals surface area contributed by atoms with Crippen molar-refractivity contribution >= 4 is 0 Å². The molecule has 1 aliphatic rings. The zero-order valence-electron chi connectivity index (χ0n) is 14.0. The molecule has 0 aromatic rings. The zero-order chi connectivity index (χ0) is 15.0. The first-order valence-corrected chi connectivity index (χ1v) is 8.31. The van der Waals surface area contributed by atoms with E-state index < -0.39 is 0 Å². The highest BCUT2D eigenvalue weighted by molar-refractivity contribution is 4.87. The lowest BCUT2D eigenvalue weighted by Crippen LogP contribution is -2.48. The standard InChI is InChI=1S/C16H35N3O/c1-5-10-17-16(6-2,14-20)9-7-11-19-12-8-15(13-19)18(3)4/h15,17,20H,5-14H2,1-4H3. The predicted octanol–water partition coefficient (Wildman–Crippen LogP) is 1.54. The molecule has 1 heterocycles. The van der Waals surface area contributed by atoms with E-state index in [2.05, 4.69) is 43.1 Å². The average Bonchev–Trinajstić information content (AvgIpc) is 2.92. The molecule has 0 aliphatic carbocycles. The van der Waals surface area contributed by atoms with Crippen molar-refractivity contribution in [1.29, 1.82) is 0 Å². The van der Waals surface area contributed by atoms with E-state index in [1.807, 2.05) is 0 Å². The second kappa shape index (κ2) is 8.98. The third-order valence-corrected chi connectivity index (χ3v) is 4.84. The van der Waals surface area contributed by atoms with Crippen molar-refractivity contribution in [3.05, 3.63) is 0 Å². The van der Waals surface area contributed by atoms with Crippen LogP contribution in [0.2, 0.25) is 0 Å². The molecule has 120 valence electrons. The van der Waals surface area contributed by atoms with Gasteiger partial charge in [0.05, 0.1) is 6.61 Å². The summed E-state index contributed by atoms with van der Waals surface area (Å²) in [5.74, 6) is 0. The number of nitrogens with zero attached hydrogens (tertiary/aromatic N) is 2. The van der Waals surface area contributed by atoms with Gasteiger partial charge in [-0.2, -0.15) is 0 Å². The van der Waals surface area contributed by atoms with Crippen LogP contribution in [0.15, 0.2) is 0 Å². The minimum Gasteiger partial charge on any atom is -0.394 e.